The Morgan fingerprint density at radius 3 is 2.81 bits per heavy atom. The van der Waals surface area contributed by atoms with Gasteiger partial charge in [0.1, 0.15) is 11.3 Å². The van der Waals surface area contributed by atoms with Crippen molar-refractivity contribution in [2.45, 2.75) is 19.9 Å². The van der Waals surface area contributed by atoms with Crippen LogP contribution in [0.5, 0.6) is 0 Å². The number of nitrogens with zero attached hydrogens (tertiary/aromatic N) is 3. The number of thiophene rings is 1. The molecule has 0 fully saturated rings. The van der Waals surface area contributed by atoms with Crippen LogP contribution in [0.3, 0.4) is 0 Å². The molecule has 0 saturated heterocycles. The maximum absolute atomic E-state index is 5.44. The number of hydrogen-bond acceptors (Lipinski definition) is 4. The molecule has 0 unspecified atom stereocenters. The zero-order chi connectivity index (χ0) is 11.5. The van der Waals surface area contributed by atoms with Crippen molar-refractivity contribution in [1.29, 1.82) is 0 Å². The first-order valence-corrected chi connectivity index (χ1v) is 6.18. The number of thiocarbonyl (C=S) groups is 1. The van der Waals surface area contributed by atoms with Crippen LogP contribution >= 0.6 is 23.6 Å². The van der Waals surface area contributed by atoms with Gasteiger partial charge in [0.2, 0.25) is 5.82 Å². The number of nitrogens with two attached hydrogens (primary N) is 1. The summed E-state index contributed by atoms with van der Waals surface area (Å²) in [5.74, 6) is 0.433. The summed E-state index contributed by atoms with van der Waals surface area (Å²) in [5, 5.41) is 4.19. The quantitative estimate of drug-likeness (QED) is 0.839. The normalized spacial score (nSPS) is 10.6. The minimum atomic E-state index is 0.235. The van der Waals surface area contributed by atoms with E-state index in [4.69, 9.17) is 18.0 Å². The van der Waals surface area contributed by atoms with Crippen LogP contribution in [-0.4, -0.2) is 19.8 Å². The molecule has 2 aromatic rings. The SMILES string of the molecule is CCc1ccc(Cn2cnc(C(N)=S)n2)s1. The van der Waals surface area contributed by atoms with Crippen LogP contribution < -0.4 is 5.73 Å². The second kappa shape index (κ2) is 4.71. The van der Waals surface area contributed by atoms with E-state index in [2.05, 4.69) is 29.1 Å². The second-order valence-corrected chi connectivity index (χ2v) is 5.04. The summed E-state index contributed by atoms with van der Waals surface area (Å²) < 4.78 is 1.75. The molecule has 0 radical (unpaired) electrons. The Bertz CT molecular complexity index is 500. The van der Waals surface area contributed by atoms with Crippen LogP contribution in [0, 0.1) is 0 Å². The summed E-state index contributed by atoms with van der Waals surface area (Å²) in [6, 6.07) is 4.26. The van der Waals surface area contributed by atoms with Crippen molar-refractivity contribution in [3.05, 3.63) is 34.0 Å². The third-order valence-electron chi connectivity index (χ3n) is 2.14. The highest BCUT2D eigenvalue weighted by molar-refractivity contribution is 7.80. The summed E-state index contributed by atoms with van der Waals surface area (Å²) in [7, 11) is 0. The minimum absolute atomic E-state index is 0.235. The Morgan fingerprint density at radius 2 is 2.25 bits per heavy atom. The van der Waals surface area contributed by atoms with Gasteiger partial charge in [0.15, 0.2) is 0 Å². The van der Waals surface area contributed by atoms with Crippen LogP contribution in [0.1, 0.15) is 22.5 Å². The van der Waals surface area contributed by atoms with E-state index in [-0.39, 0.29) is 4.99 Å². The minimum Gasteiger partial charge on any atom is -0.387 e. The van der Waals surface area contributed by atoms with Crippen molar-refractivity contribution in [2.75, 3.05) is 0 Å². The number of rotatable bonds is 4. The second-order valence-electron chi connectivity index (χ2n) is 3.35. The highest BCUT2D eigenvalue weighted by Gasteiger charge is 2.05. The molecule has 6 heteroatoms. The Labute approximate surface area is 103 Å². The molecule has 0 bridgehead atoms. The molecule has 0 aliphatic heterocycles. The van der Waals surface area contributed by atoms with Gasteiger partial charge >= 0.3 is 0 Å². The zero-order valence-corrected chi connectivity index (χ0v) is 10.5. The van der Waals surface area contributed by atoms with Crippen LogP contribution in [0.4, 0.5) is 0 Å². The van der Waals surface area contributed by atoms with Crippen molar-refractivity contribution in [3.8, 4) is 0 Å². The van der Waals surface area contributed by atoms with Gasteiger partial charge in [-0.25, -0.2) is 9.67 Å². The van der Waals surface area contributed by atoms with Gasteiger partial charge in [0, 0.05) is 9.75 Å². The molecule has 2 heterocycles. The smallest absolute Gasteiger partial charge is 0.208 e. The van der Waals surface area contributed by atoms with E-state index in [0.29, 0.717) is 5.82 Å². The highest BCUT2D eigenvalue weighted by atomic mass is 32.1. The van der Waals surface area contributed by atoms with Crippen LogP contribution in [-0.2, 0) is 13.0 Å². The van der Waals surface area contributed by atoms with Gasteiger partial charge in [-0.15, -0.1) is 16.4 Å². The van der Waals surface area contributed by atoms with E-state index in [0.717, 1.165) is 13.0 Å². The van der Waals surface area contributed by atoms with Gasteiger partial charge in [-0.3, -0.25) is 0 Å². The lowest BCUT2D eigenvalue weighted by Crippen LogP contribution is -2.12. The average Bonchev–Trinajstić information content (AvgIpc) is 2.87. The third kappa shape index (κ3) is 2.45. The Hall–Kier alpha value is -1.27. The predicted octanol–water partition coefficient (Wildman–Crippen LogP) is 1.58. The molecule has 0 saturated carbocycles. The monoisotopic (exact) mass is 252 g/mol. The van der Waals surface area contributed by atoms with E-state index in [1.54, 1.807) is 22.3 Å². The Morgan fingerprint density at radius 1 is 1.50 bits per heavy atom. The molecule has 0 atom stereocenters. The van der Waals surface area contributed by atoms with E-state index in [1.807, 2.05) is 0 Å². The van der Waals surface area contributed by atoms with Crippen molar-refractivity contribution >= 4 is 28.5 Å². The summed E-state index contributed by atoms with van der Waals surface area (Å²) in [5.41, 5.74) is 5.44. The maximum Gasteiger partial charge on any atom is 0.208 e. The molecule has 2 N–H and O–H groups in total. The zero-order valence-electron chi connectivity index (χ0n) is 8.88. The first-order valence-electron chi connectivity index (χ1n) is 4.96. The molecule has 16 heavy (non-hydrogen) atoms. The van der Waals surface area contributed by atoms with E-state index >= 15 is 0 Å². The summed E-state index contributed by atoms with van der Waals surface area (Å²) in [4.78, 5) is 6.90. The Balaban J connectivity index is 2.11. The third-order valence-corrected chi connectivity index (χ3v) is 3.54. The topological polar surface area (TPSA) is 56.7 Å². The van der Waals surface area contributed by atoms with Gasteiger partial charge < -0.3 is 5.73 Å². The van der Waals surface area contributed by atoms with Gasteiger partial charge in [-0.1, -0.05) is 19.1 Å². The van der Waals surface area contributed by atoms with Crippen molar-refractivity contribution in [2.24, 2.45) is 5.73 Å². The fraction of sp³-hybridized carbons (Fsp3) is 0.300. The number of hydrogen-bond donors (Lipinski definition) is 1. The molecule has 0 amide bonds. The fourth-order valence-corrected chi connectivity index (χ4v) is 2.38. The number of aromatic nitrogens is 3. The molecule has 0 aromatic carbocycles. The van der Waals surface area contributed by atoms with Crippen LogP contribution in [0.25, 0.3) is 0 Å². The molecule has 84 valence electrons. The molecule has 2 rings (SSSR count). The van der Waals surface area contributed by atoms with Crippen LogP contribution in [0.15, 0.2) is 18.5 Å². The van der Waals surface area contributed by atoms with Crippen molar-refractivity contribution < 1.29 is 0 Å². The van der Waals surface area contributed by atoms with Crippen molar-refractivity contribution in [1.82, 2.24) is 14.8 Å². The number of aryl methyl sites for hydroxylation is 1. The van der Waals surface area contributed by atoms with E-state index in [9.17, 15) is 0 Å². The maximum atomic E-state index is 5.44. The molecule has 0 aliphatic rings. The van der Waals surface area contributed by atoms with E-state index in [1.165, 1.54) is 9.75 Å². The first-order chi connectivity index (χ1) is 7.69. The molecule has 2 aromatic heterocycles. The first kappa shape index (κ1) is 11.2. The standard InChI is InChI=1S/C10H12N4S2/c1-2-7-3-4-8(16-7)5-14-6-12-10(13-14)9(11)15/h3-4,6H,2,5H2,1H3,(H2,11,15). The molecular formula is C10H12N4S2. The molecule has 0 aliphatic carbocycles. The van der Waals surface area contributed by atoms with Gasteiger partial charge in [-0.2, -0.15) is 0 Å². The Kier molecular flexibility index (Phi) is 3.31. The summed E-state index contributed by atoms with van der Waals surface area (Å²) in [6.07, 6.45) is 2.72. The van der Waals surface area contributed by atoms with E-state index < -0.39 is 0 Å². The molecule has 4 nitrogen and oxygen atoms in total. The predicted molar refractivity (Wildman–Crippen MR) is 68.7 cm³/mol. The lowest BCUT2D eigenvalue weighted by molar-refractivity contribution is 0.691. The molecular weight excluding hydrogens is 240 g/mol. The average molecular weight is 252 g/mol. The summed E-state index contributed by atoms with van der Waals surface area (Å²) >= 11 is 6.60. The van der Waals surface area contributed by atoms with Crippen molar-refractivity contribution in [3.63, 3.8) is 0 Å². The van der Waals surface area contributed by atoms with Gasteiger partial charge in [0.05, 0.1) is 6.54 Å². The lowest BCUT2D eigenvalue weighted by atomic mass is 10.4. The lowest BCUT2D eigenvalue weighted by Gasteiger charge is -1.96. The van der Waals surface area contributed by atoms with Crippen LogP contribution in [0.2, 0.25) is 0 Å². The summed E-state index contributed by atoms with van der Waals surface area (Å²) in [6.45, 7) is 2.87. The van der Waals surface area contributed by atoms with Gasteiger partial charge in [-0.05, 0) is 18.6 Å². The fourth-order valence-electron chi connectivity index (χ4n) is 1.34. The molecule has 0 spiro atoms. The van der Waals surface area contributed by atoms with Gasteiger partial charge in [0.25, 0.3) is 0 Å². The highest BCUT2D eigenvalue weighted by Crippen LogP contribution is 2.17. The largest absolute Gasteiger partial charge is 0.387 e.